The predicted molar refractivity (Wildman–Crippen MR) is 211 cm³/mol. The zero-order valence-electron chi connectivity index (χ0n) is 32.0. The van der Waals surface area contributed by atoms with E-state index in [1.165, 1.54) is 10.5 Å². The maximum atomic E-state index is 14.8. The molecule has 11 heteroatoms. The molecule has 2 aliphatic rings. The second-order valence-electron chi connectivity index (χ2n) is 14.7. The molecule has 0 spiro atoms. The number of nitrogens with zero attached hydrogens (tertiary/aromatic N) is 5. The number of hydrogen-bond acceptors (Lipinski definition) is 6. The number of carbonyl (C=O) groups is 4. The van der Waals surface area contributed by atoms with Gasteiger partial charge in [-0.1, -0.05) is 30.3 Å². The van der Waals surface area contributed by atoms with Crippen LogP contribution in [0.1, 0.15) is 65.9 Å². The molecule has 4 aromatic carbocycles. The average molecular weight is 740 g/mol. The Kier molecular flexibility index (Phi) is 9.96. The summed E-state index contributed by atoms with van der Waals surface area (Å²) in [7, 11) is 6.92. The van der Waals surface area contributed by atoms with Gasteiger partial charge in [-0.25, -0.2) is 4.79 Å². The summed E-state index contributed by atoms with van der Waals surface area (Å²) in [6.45, 7) is 5.04. The number of phenols is 1. The molecule has 0 unspecified atom stereocenters. The largest absolute Gasteiger partial charge is 0.508 e. The van der Waals surface area contributed by atoms with Gasteiger partial charge in [-0.3, -0.25) is 14.4 Å². The number of rotatable bonds is 6. The molecule has 1 aromatic heterocycles. The molecule has 1 atom stereocenters. The molecule has 55 heavy (non-hydrogen) atoms. The number of aromatic hydroxyl groups is 1. The van der Waals surface area contributed by atoms with Gasteiger partial charge < -0.3 is 34.0 Å². The monoisotopic (exact) mass is 739 g/mol. The van der Waals surface area contributed by atoms with Crippen LogP contribution >= 0.6 is 0 Å². The van der Waals surface area contributed by atoms with E-state index in [4.69, 9.17) is 4.74 Å². The highest BCUT2D eigenvalue weighted by atomic mass is 16.6. The van der Waals surface area contributed by atoms with Crippen molar-refractivity contribution in [3.63, 3.8) is 0 Å². The van der Waals surface area contributed by atoms with Gasteiger partial charge in [0.1, 0.15) is 11.5 Å². The fourth-order valence-electron chi connectivity index (χ4n) is 7.52. The number of ether oxygens (including phenoxy) is 1. The van der Waals surface area contributed by atoms with Crippen molar-refractivity contribution in [2.45, 2.75) is 45.8 Å². The molecule has 0 radical (unpaired) electrons. The molecular weight excluding hydrogens is 695 g/mol. The van der Waals surface area contributed by atoms with E-state index < -0.39 is 6.09 Å². The molecule has 3 heterocycles. The van der Waals surface area contributed by atoms with E-state index in [0.717, 1.165) is 34.5 Å². The zero-order chi connectivity index (χ0) is 39.1. The summed E-state index contributed by atoms with van der Waals surface area (Å²) in [6, 6.07) is 27.0. The summed E-state index contributed by atoms with van der Waals surface area (Å²) < 4.78 is 7.70. The van der Waals surface area contributed by atoms with Crippen molar-refractivity contribution in [3.05, 3.63) is 136 Å². The number of phenolic OH excluding ortho intramolecular Hbond substituents is 1. The van der Waals surface area contributed by atoms with Gasteiger partial charge in [0, 0.05) is 87.6 Å². The first kappa shape index (κ1) is 37.0. The summed E-state index contributed by atoms with van der Waals surface area (Å²) in [5.41, 5.74) is 8.39. The van der Waals surface area contributed by atoms with Gasteiger partial charge in [0.05, 0.1) is 5.56 Å². The van der Waals surface area contributed by atoms with Crippen molar-refractivity contribution >= 4 is 29.5 Å². The Morgan fingerprint density at radius 3 is 2.24 bits per heavy atom. The third-order valence-electron chi connectivity index (χ3n) is 10.9. The summed E-state index contributed by atoms with van der Waals surface area (Å²) in [6.07, 6.45) is 0.712. The van der Waals surface area contributed by atoms with Gasteiger partial charge >= 0.3 is 6.09 Å². The SMILES string of the molecule is Cc1c(C(=O)N(C)c2ccc(O)cc2)cc(-c2cc3c(cc2C(=O)N2Cc4ccccc4C[C@H]2C)CN(C(=O)Oc2cccc(C(=O)N(C)C)c2)CC3)n1C. The minimum atomic E-state index is -0.544. The quantitative estimate of drug-likeness (QED) is 0.204. The minimum absolute atomic E-state index is 0.0563. The topological polar surface area (TPSA) is 116 Å². The third kappa shape index (κ3) is 7.17. The zero-order valence-corrected chi connectivity index (χ0v) is 32.0. The molecule has 1 N–H and O–H groups in total. The molecular formula is C44H45N5O6. The standard InChI is InChI=1S/C44H45N5O6/c1-27-20-29-10-7-8-11-32(29)26-49(27)43(53)39-23-33-25-48(44(54)55-36-13-9-12-31(21-36)41(51)45(3)4)19-18-30(33)22-38(39)40-24-37(28(2)46(40)5)42(52)47(6)34-14-16-35(50)17-15-34/h7-17,21-24,27,50H,18-20,25-26H2,1-6H3/t27-/m1/s1. The number of anilines is 1. The maximum Gasteiger partial charge on any atom is 0.415 e. The summed E-state index contributed by atoms with van der Waals surface area (Å²) >= 11 is 0. The normalized spacial score (nSPS) is 14.8. The highest BCUT2D eigenvalue weighted by Crippen LogP contribution is 2.36. The molecule has 0 aliphatic carbocycles. The molecule has 4 amide bonds. The smallest absolute Gasteiger partial charge is 0.415 e. The number of fused-ring (bicyclic) bond motifs is 2. The van der Waals surface area contributed by atoms with Crippen LogP contribution in [0.25, 0.3) is 11.3 Å². The summed E-state index contributed by atoms with van der Waals surface area (Å²) in [4.78, 5) is 61.3. The molecule has 0 saturated carbocycles. The van der Waals surface area contributed by atoms with Crippen LogP contribution in [0, 0.1) is 6.92 Å². The van der Waals surface area contributed by atoms with Crippen molar-refractivity contribution in [1.29, 1.82) is 0 Å². The lowest BCUT2D eigenvalue weighted by atomic mass is 9.90. The van der Waals surface area contributed by atoms with Crippen LogP contribution < -0.4 is 9.64 Å². The van der Waals surface area contributed by atoms with E-state index in [1.807, 2.05) is 53.8 Å². The highest BCUT2D eigenvalue weighted by molar-refractivity contribution is 6.08. The van der Waals surface area contributed by atoms with Gasteiger partial charge in [-0.15, -0.1) is 0 Å². The Morgan fingerprint density at radius 1 is 0.782 bits per heavy atom. The third-order valence-corrected chi connectivity index (χ3v) is 10.9. The van der Waals surface area contributed by atoms with Gasteiger partial charge in [0.2, 0.25) is 0 Å². The van der Waals surface area contributed by atoms with Crippen molar-refractivity contribution in [2.24, 2.45) is 7.05 Å². The minimum Gasteiger partial charge on any atom is -0.508 e. The van der Waals surface area contributed by atoms with E-state index in [-0.39, 0.29) is 41.8 Å². The van der Waals surface area contributed by atoms with Crippen LogP contribution in [0.4, 0.5) is 10.5 Å². The van der Waals surface area contributed by atoms with Gasteiger partial charge in [0.25, 0.3) is 17.7 Å². The van der Waals surface area contributed by atoms with E-state index in [2.05, 4.69) is 19.1 Å². The average Bonchev–Trinajstić information content (AvgIpc) is 3.48. The van der Waals surface area contributed by atoms with Crippen molar-refractivity contribution in [2.75, 3.05) is 32.6 Å². The maximum absolute atomic E-state index is 14.8. The molecule has 0 bridgehead atoms. The number of aromatic nitrogens is 1. The summed E-state index contributed by atoms with van der Waals surface area (Å²) in [5, 5.41) is 9.79. The van der Waals surface area contributed by atoms with Crippen LogP contribution in [-0.4, -0.2) is 81.9 Å². The van der Waals surface area contributed by atoms with Gasteiger partial charge in [-0.2, -0.15) is 0 Å². The molecule has 282 valence electrons. The molecule has 11 nitrogen and oxygen atoms in total. The molecule has 7 rings (SSSR count). The molecule has 2 aliphatic heterocycles. The second-order valence-corrected chi connectivity index (χ2v) is 14.7. The van der Waals surface area contributed by atoms with Crippen molar-refractivity contribution in [3.8, 4) is 22.8 Å². The predicted octanol–water partition coefficient (Wildman–Crippen LogP) is 6.83. The van der Waals surface area contributed by atoms with E-state index in [1.54, 1.807) is 79.5 Å². The van der Waals surface area contributed by atoms with Crippen molar-refractivity contribution < 1.29 is 29.0 Å². The van der Waals surface area contributed by atoms with Crippen LogP contribution in [0.3, 0.4) is 0 Å². The molecule has 5 aromatic rings. The van der Waals surface area contributed by atoms with Crippen molar-refractivity contribution in [1.82, 2.24) is 19.3 Å². The van der Waals surface area contributed by atoms with Crippen LogP contribution in [-0.2, 0) is 33.0 Å². The summed E-state index contributed by atoms with van der Waals surface area (Å²) in [5.74, 6) is -0.159. The Hall–Kier alpha value is -6.36. The van der Waals surface area contributed by atoms with Gasteiger partial charge in [-0.05, 0) is 110 Å². The number of hydrogen-bond donors (Lipinski definition) is 1. The lowest BCUT2D eigenvalue weighted by Gasteiger charge is -2.36. The first-order valence-corrected chi connectivity index (χ1v) is 18.4. The number of benzene rings is 4. The van der Waals surface area contributed by atoms with Gasteiger partial charge in [0.15, 0.2) is 0 Å². The van der Waals surface area contributed by atoms with E-state index in [9.17, 15) is 24.3 Å². The Bertz CT molecular complexity index is 2330. The number of amides is 4. The Morgan fingerprint density at radius 2 is 1.51 bits per heavy atom. The van der Waals surface area contributed by atoms with Crippen LogP contribution in [0.2, 0.25) is 0 Å². The molecule has 0 saturated heterocycles. The van der Waals surface area contributed by atoms with E-state index >= 15 is 0 Å². The fourth-order valence-corrected chi connectivity index (χ4v) is 7.52. The van der Waals surface area contributed by atoms with E-state index in [0.29, 0.717) is 47.5 Å². The van der Waals surface area contributed by atoms with Crippen LogP contribution in [0.5, 0.6) is 11.5 Å². The Labute approximate surface area is 320 Å². The van der Waals surface area contributed by atoms with Crippen LogP contribution in [0.15, 0.2) is 91.0 Å². The highest BCUT2D eigenvalue weighted by Gasteiger charge is 2.33. The fraction of sp³-hybridized carbons (Fsp3) is 0.273. The Balaban J connectivity index is 1.24. The lowest BCUT2D eigenvalue weighted by Crippen LogP contribution is -2.43. The first-order chi connectivity index (χ1) is 26.3. The number of carbonyl (C=O) groups excluding carboxylic acids is 4. The first-order valence-electron chi connectivity index (χ1n) is 18.4. The second kappa shape index (κ2) is 14.8. The lowest BCUT2D eigenvalue weighted by molar-refractivity contribution is 0.0658. The molecule has 0 fully saturated rings.